The van der Waals surface area contributed by atoms with Gasteiger partial charge in [0.25, 0.3) is 0 Å². The Labute approximate surface area is 111 Å². The summed E-state index contributed by atoms with van der Waals surface area (Å²) in [7, 11) is 0. The van der Waals surface area contributed by atoms with Crippen molar-refractivity contribution in [1.82, 2.24) is 4.90 Å². The summed E-state index contributed by atoms with van der Waals surface area (Å²) >= 11 is 3.45. The molecule has 1 aliphatic heterocycles. The highest BCUT2D eigenvalue weighted by atomic mass is 79.9. The van der Waals surface area contributed by atoms with Gasteiger partial charge in [-0.2, -0.15) is 0 Å². The molecule has 1 fully saturated rings. The van der Waals surface area contributed by atoms with E-state index < -0.39 is 0 Å². The molecule has 0 N–H and O–H groups in total. The molecule has 2 rings (SSSR count). The normalized spacial score (nSPS) is 16.1. The van der Waals surface area contributed by atoms with Gasteiger partial charge in [0.1, 0.15) is 12.4 Å². The van der Waals surface area contributed by atoms with Crippen LogP contribution in [0.25, 0.3) is 6.08 Å². The van der Waals surface area contributed by atoms with Gasteiger partial charge in [0.05, 0.1) is 0 Å². The molecule has 0 saturated carbocycles. The molecule has 0 aliphatic carbocycles. The number of rotatable bonds is 5. The standard InChI is InChI=1S/C14H18BrNO/c1-2-12-11-13(15)5-6-14(12)17-10-9-16-7-3-4-8-16/h2,5-6,11H,1,3-4,7-10H2. The van der Waals surface area contributed by atoms with Crippen molar-refractivity contribution < 1.29 is 4.74 Å². The Morgan fingerprint density at radius 2 is 2.12 bits per heavy atom. The minimum atomic E-state index is 0.752. The van der Waals surface area contributed by atoms with E-state index in [0.717, 1.165) is 28.9 Å². The van der Waals surface area contributed by atoms with Crippen LogP contribution in [0, 0.1) is 0 Å². The molecule has 0 unspecified atom stereocenters. The minimum absolute atomic E-state index is 0.752. The lowest BCUT2D eigenvalue weighted by molar-refractivity contribution is 0.237. The molecule has 3 heteroatoms. The van der Waals surface area contributed by atoms with Crippen molar-refractivity contribution in [2.75, 3.05) is 26.2 Å². The predicted octanol–water partition coefficient (Wildman–Crippen LogP) is 3.57. The van der Waals surface area contributed by atoms with E-state index in [1.54, 1.807) is 0 Å². The molecular formula is C14H18BrNO. The third kappa shape index (κ3) is 3.58. The van der Waals surface area contributed by atoms with Crippen LogP contribution in [0.15, 0.2) is 29.3 Å². The van der Waals surface area contributed by atoms with Crippen LogP contribution in [0.3, 0.4) is 0 Å². The molecule has 17 heavy (non-hydrogen) atoms. The summed E-state index contributed by atoms with van der Waals surface area (Å²) in [5.74, 6) is 0.919. The van der Waals surface area contributed by atoms with Crippen molar-refractivity contribution >= 4 is 22.0 Å². The average Bonchev–Trinajstić information content (AvgIpc) is 2.84. The molecule has 0 spiro atoms. The molecule has 1 aromatic carbocycles. The zero-order valence-electron chi connectivity index (χ0n) is 9.99. The van der Waals surface area contributed by atoms with E-state index in [1.807, 2.05) is 24.3 Å². The van der Waals surface area contributed by atoms with E-state index in [0.29, 0.717) is 0 Å². The van der Waals surface area contributed by atoms with E-state index in [1.165, 1.54) is 25.9 Å². The topological polar surface area (TPSA) is 12.5 Å². The van der Waals surface area contributed by atoms with Crippen LogP contribution < -0.4 is 4.74 Å². The van der Waals surface area contributed by atoms with Gasteiger partial charge in [-0.1, -0.05) is 28.6 Å². The molecule has 92 valence electrons. The molecule has 2 nitrogen and oxygen atoms in total. The predicted molar refractivity (Wildman–Crippen MR) is 75.4 cm³/mol. The molecule has 1 aromatic rings. The second kappa shape index (κ2) is 6.22. The lowest BCUT2D eigenvalue weighted by Gasteiger charge is -2.16. The fraction of sp³-hybridized carbons (Fsp3) is 0.429. The molecule has 1 heterocycles. The summed E-state index contributed by atoms with van der Waals surface area (Å²) < 4.78 is 6.87. The largest absolute Gasteiger partial charge is 0.492 e. The van der Waals surface area contributed by atoms with Crippen molar-refractivity contribution in [3.63, 3.8) is 0 Å². The number of ether oxygens (including phenoxy) is 1. The second-order valence-electron chi connectivity index (χ2n) is 4.28. The number of hydrogen-bond acceptors (Lipinski definition) is 2. The quantitative estimate of drug-likeness (QED) is 0.823. The smallest absolute Gasteiger partial charge is 0.126 e. The van der Waals surface area contributed by atoms with E-state index in [9.17, 15) is 0 Å². The van der Waals surface area contributed by atoms with Crippen molar-refractivity contribution in [3.05, 3.63) is 34.8 Å². The average molecular weight is 296 g/mol. The zero-order chi connectivity index (χ0) is 12.1. The van der Waals surface area contributed by atoms with Gasteiger partial charge in [0, 0.05) is 16.6 Å². The maximum atomic E-state index is 5.81. The van der Waals surface area contributed by atoms with Crippen LogP contribution in [-0.4, -0.2) is 31.1 Å². The van der Waals surface area contributed by atoms with Gasteiger partial charge >= 0.3 is 0 Å². The zero-order valence-corrected chi connectivity index (χ0v) is 11.6. The Morgan fingerprint density at radius 3 is 2.82 bits per heavy atom. The molecular weight excluding hydrogens is 278 g/mol. The molecule has 0 bridgehead atoms. The van der Waals surface area contributed by atoms with Gasteiger partial charge in [0.2, 0.25) is 0 Å². The molecule has 0 atom stereocenters. The Hall–Kier alpha value is -0.800. The monoisotopic (exact) mass is 295 g/mol. The molecule has 0 amide bonds. The highest BCUT2D eigenvalue weighted by Gasteiger charge is 2.11. The molecule has 1 aliphatic rings. The number of benzene rings is 1. The van der Waals surface area contributed by atoms with Crippen LogP contribution in [0.1, 0.15) is 18.4 Å². The maximum absolute atomic E-state index is 5.81. The second-order valence-corrected chi connectivity index (χ2v) is 5.20. The first-order chi connectivity index (χ1) is 8.29. The van der Waals surface area contributed by atoms with Crippen LogP contribution in [-0.2, 0) is 0 Å². The van der Waals surface area contributed by atoms with Crippen molar-refractivity contribution in [2.24, 2.45) is 0 Å². The number of halogens is 1. The van der Waals surface area contributed by atoms with Crippen molar-refractivity contribution in [3.8, 4) is 5.75 Å². The Balaban J connectivity index is 1.87. The summed E-state index contributed by atoms with van der Waals surface area (Å²) in [6, 6.07) is 6.02. The number of nitrogens with zero attached hydrogens (tertiary/aromatic N) is 1. The fourth-order valence-electron chi connectivity index (χ4n) is 2.10. The lowest BCUT2D eigenvalue weighted by Crippen LogP contribution is -2.25. The van der Waals surface area contributed by atoms with Gasteiger partial charge in [-0.25, -0.2) is 0 Å². The Morgan fingerprint density at radius 1 is 1.35 bits per heavy atom. The van der Waals surface area contributed by atoms with Gasteiger partial charge in [0.15, 0.2) is 0 Å². The minimum Gasteiger partial charge on any atom is -0.492 e. The summed E-state index contributed by atoms with van der Waals surface area (Å²) in [6.45, 7) is 8.02. The molecule has 0 radical (unpaired) electrons. The van der Waals surface area contributed by atoms with Gasteiger partial charge in [-0.05, 0) is 44.1 Å². The third-order valence-electron chi connectivity index (χ3n) is 3.06. The number of hydrogen-bond donors (Lipinski definition) is 0. The van der Waals surface area contributed by atoms with E-state index in [4.69, 9.17) is 4.74 Å². The highest BCUT2D eigenvalue weighted by Crippen LogP contribution is 2.24. The first-order valence-corrected chi connectivity index (χ1v) is 6.86. The summed E-state index contributed by atoms with van der Waals surface area (Å²) in [4.78, 5) is 2.45. The first kappa shape index (κ1) is 12.7. The lowest BCUT2D eigenvalue weighted by atomic mass is 10.2. The summed E-state index contributed by atoms with van der Waals surface area (Å²) in [5.41, 5.74) is 1.04. The summed E-state index contributed by atoms with van der Waals surface area (Å²) in [6.07, 6.45) is 4.49. The molecule has 1 saturated heterocycles. The van der Waals surface area contributed by atoms with Gasteiger partial charge < -0.3 is 4.74 Å². The van der Waals surface area contributed by atoms with Gasteiger partial charge in [-0.3, -0.25) is 4.90 Å². The maximum Gasteiger partial charge on any atom is 0.126 e. The Kier molecular flexibility index (Phi) is 4.63. The number of likely N-dealkylation sites (tertiary alicyclic amines) is 1. The highest BCUT2D eigenvalue weighted by molar-refractivity contribution is 9.10. The third-order valence-corrected chi connectivity index (χ3v) is 3.55. The van der Waals surface area contributed by atoms with Crippen LogP contribution in [0.2, 0.25) is 0 Å². The SMILES string of the molecule is C=Cc1cc(Br)ccc1OCCN1CCCC1. The van der Waals surface area contributed by atoms with Crippen molar-refractivity contribution in [1.29, 1.82) is 0 Å². The fourth-order valence-corrected chi connectivity index (χ4v) is 2.48. The van der Waals surface area contributed by atoms with E-state index in [-0.39, 0.29) is 0 Å². The van der Waals surface area contributed by atoms with Gasteiger partial charge in [-0.15, -0.1) is 0 Å². The van der Waals surface area contributed by atoms with Crippen LogP contribution in [0.5, 0.6) is 5.75 Å². The van der Waals surface area contributed by atoms with E-state index >= 15 is 0 Å². The van der Waals surface area contributed by atoms with Crippen LogP contribution >= 0.6 is 15.9 Å². The summed E-state index contributed by atoms with van der Waals surface area (Å²) in [5, 5.41) is 0. The first-order valence-electron chi connectivity index (χ1n) is 6.07. The van der Waals surface area contributed by atoms with Crippen molar-refractivity contribution in [2.45, 2.75) is 12.8 Å². The Bertz CT molecular complexity index is 386. The molecule has 0 aromatic heterocycles. The van der Waals surface area contributed by atoms with E-state index in [2.05, 4.69) is 27.4 Å². The van der Waals surface area contributed by atoms with Crippen LogP contribution in [0.4, 0.5) is 0 Å².